The number of halogens is 1. The summed E-state index contributed by atoms with van der Waals surface area (Å²) < 4.78 is 0. The van der Waals surface area contributed by atoms with Crippen molar-refractivity contribution >= 4 is 22.9 Å². The van der Waals surface area contributed by atoms with E-state index in [0.717, 1.165) is 5.69 Å². The van der Waals surface area contributed by atoms with E-state index < -0.39 is 0 Å². The van der Waals surface area contributed by atoms with Gasteiger partial charge in [0.1, 0.15) is 5.01 Å². The average molecular weight is 292 g/mol. The molecule has 2 aromatic rings. The van der Waals surface area contributed by atoms with Gasteiger partial charge in [0.15, 0.2) is 0 Å². The number of nitrogens with zero attached hydrogens (tertiary/aromatic N) is 1. The van der Waals surface area contributed by atoms with Gasteiger partial charge in [-0.15, -0.1) is 22.9 Å². The van der Waals surface area contributed by atoms with Crippen LogP contribution in [0, 0.1) is 0 Å². The summed E-state index contributed by atoms with van der Waals surface area (Å²) in [7, 11) is 0. The molecule has 0 amide bonds. The van der Waals surface area contributed by atoms with Crippen LogP contribution in [0.2, 0.25) is 0 Å². The number of hydrogen-bond acceptors (Lipinski definition) is 2. The molecule has 1 aromatic carbocycles. The molecule has 0 aliphatic heterocycles. The smallest absolute Gasteiger partial charge is 0.103 e. The maximum Gasteiger partial charge on any atom is 0.103 e. The van der Waals surface area contributed by atoms with Crippen molar-refractivity contribution in [2.24, 2.45) is 0 Å². The topological polar surface area (TPSA) is 12.9 Å². The Bertz CT molecular complexity index is 529. The summed E-state index contributed by atoms with van der Waals surface area (Å²) in [5, 5.41) is 3.37. The fraction of sp³-hybridized carbons (Fsp3) is 0.438. The Hall–Kier alpha value is -0.860. The van der Waals surface area contributed by atoms with E-state index >= 15 is 0 Å². The summed E-state index contributed by atoms with van der Waals surface area (Å²) >= 11 is 7.69. The lowest BCUT2D eigenvalue weighted by molar-refractivity contribution is 0.344. The molecule has 1 nitrogen and oxygen atoms in total. The molecule has 1 aliphatic rings. The van der Waals surface area contributed by atoms with Crippen LogP contribution in [0.1, 0.15) is 48.4 Å². The summed E-state index contributed by atoms with van der Waals surface area (Å²) in [6.45, 7) is 0. The van der Waals surface area contributed by atoms with Crippen molar-refractivity contribution in [1.29, 1.82) is 0 Å². The summed E-state index contributed by atoms with van der Waals surface area (Å²) in [4.78, 5) is 4.79. The van der Waals surface area contributed by atoms with Crippen molar-refractivity contribution in [2.45, 2.75) is 43.4 Å². The van der Waals surface area contributed by atoms with Gasteiger partial charge in [0.2, 0.25) is 0 Å². The fourth-order valence-electron chi connectivity index (χ4n) is 3.13. The first kappa shape index (κ1) is 13.1. The molecular weight excluding hydrogens is 274 g/mol. The number of rotatable bonds is 3. The first-order valence-corrected chi connectivity index (χ1v) is 8.33. The predicted octanol–water partition coefficient (Wildman–Crippen LogP) is 5.13. The zero-order valence-electron chi connectivity index (χ0n) is 10.9. The van der Waals surface area contributed by atoms with Gasteiger partial charge in [0.25, 0.3) is 0 Å². The zero-order valence-corrected chi connectivity index (χ0v) is 12.5. The monoisotopic (exact) mass is 291 g/mol. The fourth-order valence-corrected chi connectivity index (χ4v) is 4.46. The number of hydrogen-bond donors (Lipinski definition) is 0. The molecule has 0 N–H and O–H groups in total. The summed E-state index contributed by atoms with van der Waals surface area (Å²) in [5.41, 5.74) is 2.57. The van der Waals surface area contributed by atoms with Crippen LogP contribution in [0.15, 0.2) is 35.7 Å². The Morgan fingerprint density at radius 3 is 2.47 bits per heavy atom. The second-order valence-electron chi connectivity index (χ2n) is 5.29. The molecule has 3 rings (SSSR count). The normalized spacial score (nSPS) is 18.4. The summed E-state index contributed by atoms with van der Waals surface area (Å²) in [6.07, 6.45) is 6.37. The van der Waals surface area contributed by atoms with Crippen LogP contribution in [-0.4, -0.2) is 4.98 Å². The number of aromatic nitrogens is 1. The molecule has 1 fully saturated rings. The largest absolute Gasteiger partial charge is 0.244 e. The van der Waals surface area contributed by atoms with Crippen LogP contribution in [0.3, 0.4) is 0 Å². The van der Waals surface area contributed by atoms with E-state index in [-0.39, 0.29) is 5.41 Å². The molecule has 0 atom stereocenters. The van der Waals surface area contributed by atoms with Crippen molar-refractivity contribution in [3.05, 3.63) is 52.0 Å². The molecule has 1 saturated carbocycles. The Labute approximate surface area is 123 Å². The third-order valence-corrected chi connectivity index (χ3v) is 5.50. The van der Waals surface area contributed by atoms with Gasteiger partial charge in [-0.1, -0.05) is 49.6 Å². The highest BCUT2D eigenvalue weighted by Crippen LogP contribution is 2.45. The highest BCUT2D eigenvalue weighted by atomic mass is 35.5. The van der Waals surface area contributed by atoms with Crippen molar-refractivity contribution in [2.75, 3.05) is 0 Å². The SMILES string of the molecule is ClCc1csc(C2(c3ccccc3)CCCCC2)n1. The second kappa shape index (κ2) is 5.64. The van der Waals surface area contributed by atoms with E-state index in [0.29, 0.717) is 5.88 Å². The van der Waals surface area contributed by atoms with Gasteiger partial charge in [0, 0.05) is 10.8 Å². The Morgan fingerprint density at radius 1 is 1.11 bits per heavy atom. The molecule has 100 valence electrons. The van der Waals surface area contributed by atoms with Gasteiger partial charge in [-0.05, 0) is 18.4 Å². The standard InChI is InChI=1S/C16H18ClNS/c17-11-14-12-19-15(18-14)16(9-5-2-6-10-16)13-7-3-1-4-8-13/h1,3-4,7-8,12H,2,5-6,9-11H2. The van der Waals surface area contributed by atoms with Gasteiger partial charge in [-0.3, -0.25) is 0 Å². The minimum Gasteiger partial charge on any atom is -0.244 e. The molecule has 0 spiro atoms. The van der Waals surface area contributed by atoms with E-state index in [4.69, 9.17) is 16.6 Å². The van der Waals surface area contributed by atoms with Gasteiger partial charge in [0.05, 0.1) is 11.6 Å². The second-order valence-corrected chi connectivity index (χ2v) is 6.41. The summed E-state index contributed by atoms with van der Waals surface area (Å²) in [5.74, 6) is 0.515. The van der Waals surface area contributed by atoms with E-state index in [1.54, 1.807) is 11.3 Å². The first-order valence-electron chi connectivity index (χ1n) is 6.91. The lowest BCUT2D eigenvalue weighted by Gasteiger charge is -2.36. The lowest BCUT2D eigenvalue weighted by atomic mass is 9.70. The summed E-state index contributed by atoms with van der Waals surface area (Å²) in [6, 6.07) is 10.9. The van der Waals surface area contributed by atoms with Crippen molar-refractivity contribution in [3.63, 3.8) is 0 Å². The highest BCUT2D eigenvalue weighted by molar-refractivity contribution is 7.09. The van der Waals surface area contributed by atoms with Gasteiger partial charge < -0.3 is 0 Å². The van der Waals surface area contributed by atoms with Crippen LogP contribution in [0.25, 0.3) is 0 Å². The minimum atomic E-state index is 0.133. The molecule has 0 radical (unpaired) electrons. The average Bonchev–Trinajstić information content (AvgIpc) is 2.98. The van der Waals surface area contributed by atoms with Crippen LogP contribution in [-0.2, 0) is 11.3 Å². The Balaban J connectivity index is 2.06. The third-order valence-electron chi connectivity index (χ3n) is 4.13. The Morgan fingerprint density at radius 2 is 1.84 bits per heavy atom. The molecule has 1 aromatic heterocycles. The number of thiazole rings is 1. The molecular formula is C16H18ClNS. The van der Waals surface area contributed by atoms with Crippen LogP contribution in [0.4, 0.5) is 0 Å². The van der Waals surface area contributed by atoms with E-state index in [9.17, 15) is 0 Å². The third kappa shape index (κ3) is 2.44. The molecule has 19 heavy (non-hydrogen) atoms. The maximum atomic E-state index is 5.91. The van der Waals surface area contributed by atoms with Gasteiger partial charge in [-0.25, -0.2) is 4.98 Å². The molecule has 1 heterocycles. The van der Waals surface area contributed by atoms with E-state index in [1.165, 1.54) is 42.7 Å². The number of benzene rings is 1. The van der Waals surface area contributed by atoms with Crippen molar-refractivity contribution < 1.29 is 0 Å². The molecule has 0 unspecified atom stereocenters. The van der Waals surface area contributed by atoms with Crippen molar-refractivity contribution in [3.8, 4) is 0 Å². The van der Waals surface area contributed by atoms with E-state index in [1.807, 2.05) is 0 Å². The Kier molecular flexibility index (Phi) is 3.90. The number of alkyl halides is 1. The maximum absolute atomic E-state index is 5.91. The van der Waals surface area contributed by atoms with E-state index in [2.05, 4.69) is 35.7 Å². The molecule has 0 saturated heterocycles. The predicted molar refractivity (Wildman–Crippen MR) is 82.0 cm³/mol. The molecule has 1 aliphatic carbocycles. The lowest BCUT2D eigenvalue weighted by Crippen LogP contribution is -2.30. The first-order chi connectivity index (χ1) is 9.35. The highest BCUT2D eigenvalue weighted by Gasteiger charge is 2.38. The zero-order chi connectivity index (χ0) is 13.1. The van der Waals surface area contributed by atoms with Gasteiger partial charge in [-0.2, -0.15) is 0 Å². The molecule has 3 heteroatoms. The quantitative estimate of drug-likeness (QED) is 0.714. The molecule has 0 bridgehead atoms. The van der Waals surface area contributed by atoms with Crippen LogP contribution >= 0.6 is 22.9 Å². The van der Waals surface area contributed by atoms with Crippen LogP contribution < -0.4 is 0 Å². The van der Waals surface area contributed by atoms with Gasteiger partial charge >= 0.3 is 0 Å². The van der Waals surface area contributed by atoms with Crippen LogP contribution in [0.5, 0.6) is 0 Å². The minimum absolute atomic E-state index is 0.133. The van der Waals surface area contributed by atoms with Crippen molar-refractivity contribution in [1.82, 2.24) is 4.98 Å².